The average molecular weight is 524 g/mol. The molecule has 0 saturated carbocycles. The summed E-state index contributed by atoms with van der Waals surface area (Å²) in [6, 6.07) is 10.6. The minimum absolute atomic E-state index is 0. The summed E-state index contributed by atoms with van der Waals surface area (Å²) in [7, 11) is 0. The Kier molecular flexibility index (Phi) is 9.52. The van der Waals surface area contributed by atoms with E-state index in [9.17, 15) is 13.2 Å². The second kappa shape index (κ2) is 11.4. The van der Waals surface area contributed by atoms with Crippen molar-refractivity contribution in [2.75, 3.05) is 45.8 Å². The van der Waals surface area contributed by atoms with Crippen molar-refractivity contribution in [2.24, 2.45) is 16.8 Å². The zero-order valence-electron chi connectivity index (χ0n) is 17.0. The number of hydrogen-bond donors (Lipinski definition) is 1. The maximum absolute atomic E-state index is 12.6. The van der Waals surface area contributed by atoms with Crippen LogP contribution in [0.5, 0.6) is 0 Å². The van der Waals surface area contributed by atoms with Gasteiger partial charge in [-0.3, -0.25) is 9.89 Å². The molecule has 0 aromatic heterocycles. The smallest absolute Gasteiger partial charge is 0.357 e. The number of aliphatic imine (C=N–C) groups is 1. The minimum atomic E-state index is -4.11. The molecule has 0 aliphatic carbocycles. The van der Waals surface area contributed by atoms with Gasteiger partial charge in [-0.05, 0) is 50.1 Å². The maximum Gasteiger partial charge on any atom is 0.401 e. The number of halogens is 4. The SMILES string of the molecule is CCNC(=NCC1CCN(CC(F)(F)F)C1)N1CCC(Cc2ccccc2)C1.I. The highest BCUT2D eigenvalue weighted by molar-refractivity contribution is 14.0. The monoisotopic (exact) mass is 524 g/mol. The van der Waals surface area contributed by atoms with E-state index in [1.165, 1.54) is 10.5 Å². The molecule has 0 bridgehead atoms. The second-order valence-corrected chi connectivity index (χ2v) is 7.99. The van der Waals surface area contributed by atoms with E-state index in [4.69, 9.17) is 4.99 Å². The Balaban J connectivity index is 0.00000300. The summed E-state index contributed by atoms with van der Waals surface area (Å²) in [4.78, 5) is 8.58. The van der Waals surface area contributed by atoms with Crippen molar-refractivity contribution in [1.29, 1.82) is 0 Å². The Bertz CT molecular complexity index is 639. The van der Waals surface area contributed by atoms with Crippen LogP contribution < -0.4 is 5.32 Å². The van der Waals surface area contributed by atoms with Crippen LogP contribution in [-0.2, 0) is 6.42 Å². The first-order valence-corrected chi connectivity index (χ1v) is 10.3. The highest BCUT2D eigenvalue weighted by atomic mass is 127. The molecule has 1 N–H and O–H groups in total. The van der Waals surface area contributed by atoms with E-state index >= 15 is 0 Å². The number of rotatable bonds is 6. The summed E-state index contributed by atoms with van der Waals surface area (Å²) in [5.41, 5.74) is 1.37. The highest BCUT2D eigenvalue weighted by Crippen LogP contribution is 2.24. The van der Waals surface area contributed by atoms with Crippen molar-refractivity contribution in [1.82, 2.24) is 15.1 Å². The van der Waals surface area contributed by atoms with Crippen LogP contribution >= 0.6 is 24.0 Å². The first-order valence-electron chi connectivity index (χ1n) is 10.3. The van der Waals surface area contributed by atoms with Gasteiger partial charge in [-0.1, -0.05) is 30.3 Å². The molecule has 0 radical (unpaired) electrons. The van der Waals surface area contributed by atoms with E-state index in [1.54, 1.807) is 0 Å². The van der Waals surface area contributed by atoms with Gasteiger partial charge in [-0.2, -0.15) is 13.2 Å². The van der Waals surface area contributed by atoms with Crippen molar-refractivity contribution in [3.05, 3.63) is 35.9 Å². The maximum atomic E-state index is 12.6. The van der Waals surface area contributed by atoms with Crippen molar-refractivity contribution in [3.63, 3.8) is 0 Å². The molecule has 2 saturated heterocycles. The van der Waals surface area contributed by atoms with E-state index in [0.29, 0.717) is 25.6 Å². The van der Waals surface area contributed by atoms with E-state index in [2.05, 4.69) is 34.5 Å². The fourth-order valence-electron chi connectivity index (χ4n) is 4.24. The molecule has 164 valence electrons. The molecule has 2 aliphatic heterocycles. The number of nitrogens with one attached hydrogen (secondary N) is 1. The van der Waals surface area contributed by atoms with Gasteiger partial charge in [0.2, 0.25) is 0 Å². The number of hydrogen-bond acceptors (Lipinski definition) is 2. The van der Waals surface area contributed by atoms with Gasteiger partial charge < -0.3 is 10.2 Å². The lowest BCUT2D eigenvalue weighted by molar-refractivity contribution is -0.143. The molecule has 29 heavy (non-hydrogen) atoms. The molecule has 4 nitrogen and oxygen atoms in total. The fraction of sp³-hybridized carbons (Fsp3) is 0.667. The summed E-state index contributed by atoms with van der Waals surface area (Å²) in [6.45, 7) is 5.59. The summed E-state index contributed by atoms with van der Waals surface area (Å²) >= 11 is 0. The normalized spacial score (nSPS) is 23.3. The molecule has 2 unspecified atom stereocenters. The predicted octanol–water partition coefficient (Wildman–Crippen LogP) is 4.02. The second-order valence-electron chi connectivity index (χ2n) is 7.99. The van der Waals surface area contributed by atoms with Gasteiger partial charge in [-0.25, -0.2) is 0 Å². The molecule has 2 aliphatic rings. The van der Waals surface area contributed by atoms with Gasteiger partial charge in [-0.15, -0.1) is 24.0 Å². The van der Waals surface area contributed by atoms with Crippen LogP contribution in [0.2, 0.25) is 0 Å². The number of alkyl halides is 3. The van der Waals surface area contributed by atoms with Gasteiger partial charge >= 0.3 is 6.18 Å². The number of benzene rings is 1. The Morgan fingerprint density at radius 3 is 2.52 bits per heavy atom. The lowest BCUT2D eigenvalue weighted by Crippen LogP contribution is -2.40. The summed E-state index contributed by atoms with van der Waals surface area (Å²) in [5.74, 6) is 1.73. The zero-order valence-corrected chi connectivity index (χ0v) is 19.3. The molecule has 8 heteroatoms. The Morgan fingerprint density at radius 2 is 1.83 bits per heavy atom. The fourth-order valence-corrected chi connectivity index (χ4v) is 4.24. The van der Waals surface area contributed by atoms with Crippen LogP contribution in [-0.4, -0.2) is 67.7 Å². The molecule has 0 spiro atoms. The third-order valence-electron chi connectivity index (χ3n) is 5.56. The van der Waals surface area contributed by atoms with Gasteiger partial charge in [0, 0.05) is 32.7 Å². The van der Waals surface area contributed by atoms with Crippen LogP contribution in [0.3, 0.4) is 0 Å². The first-order chi connectivity index (χ1) is 13.4. The summed E-state index contributed by atoms with van der Waals surface area (Å²) in [6.07, 6.45) is -1.11. The van der Waals surface area contributed by atoms with Crippen molar-refractivity contribution < 1.29 is 13.2 Å². The molecular weight excluding hydrogens is 492 g/mol. The summed E-state index contributed by atoms with van der Waals surface area (Å²) < 4.78 is 37.7. The Morgan fingerprint density at radius 1 is 1.10 bits per heavy atom. The van der Waals surface area contributed by atoms with E-state index in [0.717, 1.165) is 44.9 Å². The minimum Gasteiger partial charge on any atom is -0.357 e. The molecular formula is C21H32F3IN4. The standard InChI is InChI=1S/C21H31F3N4.HI/c1-2-25-20(26-13-19-8-10-27(14-19)16-21(22,23)24)28-11-9-18(15-28)12-17-6-4-3-5-7-17;/h3-7,18-19H,2,8-16H2,1H3,(H,25,26);1H. The topological polar surface area (TPSA) is 30.9 Å². The van der Waals surface area contributed by atoms with Gasteiger partial charge in [0.05, 0.1) is 6.54 Å². The van der Waals surface area contributed by atoms with Crippen LogP contribution in [0.15, 0.2) is 35.3 Å². The summed E-state index contributed by atoms with van der Waals surface area (Å²) in [5, 5.41) is 3.36. The van der Waals surface area contributed by atoms with Crippen LogP contribution in [0.25, 0.3) is 0 Å². The van der Waals surface area contributed by atoms with Gasteiger partial charge in [0.1, 0.15) is 0 Å². The Hall–Kier alpha value is -1.03. The van der Waals surface area contributed by atoms with Gasteiger partial charge in [0.25, 0.3) is 0 Å². The third kappa shape index (κ3) is 7.96. The average Bonchev–Trinajstić information content (AvgIpc) is 3.28. The largest absolute Gasteiger partial charge is 0.401 e. The molecule has 1 aromatic rings. The van der Waals surface area contributed by atoms with Crippen LogP contribution in [0.1, 0.15) is 25.3 Å². The van der Waals surface area contributed by atoms with E-state index < -0.39 is 12.7 Å². The molecule has 1 aromatic carbocycles. The van der Waals surface area contributed by atoms with E-state index in [1.807, 2.05) is 13.0 Å². The molecule has 2 fully saturated rings. The third-order valence-corrected chi connectivity index (χ3v) is 5.56. The number of likely N-dealkylation sites (tertiary alicyclic amines) is 2. The quantitative estimate of drug-likeness (QED) is 0.347. The first kappa shape index (κ1) is 24.2. The molecule has 3 rings (SSSR count). The highest BCUT2D eigenvalue weighted by Gasteiger charge is 2.34. The lowest BCUT2D eigenvalue weighted by atomic mass is 9.99. The Labute approximate surface area is 188 Å². The molecule has 0 amide bonds. The van der Waals surface area contributed by atoms with E-state index in [-0.39, 0.29) is 29.9 Å². The lowest BCUT2D eigenvalue weighted by Gasteiger charge is -2.22. The van der Waals surface area contributed by atoms with Crippen LogP contribution in [0.4, 0.5) is 13.2 Å². The van der Waals surface area contributed by atoms with Crippen LogP contribution in [0, 0.1) is 11.8 Å². The van der Waals surface area contributed by atoms with Gasteiger partial charge in [0.15, 0.2) is 5.96 Å². The van der Waals surface area contributed by atoms with Crippen molar-refractivity contribution in [3.8, 4) is 0 Å². The zero-order chi connectivity index (χ0) is 20.0. The molecule has 2 heterocycles. The number of nitrogens with zero attached hydrogens (tertiary/aromatic N) is 3. The predicted molar refractivity (Wildman–Crippen MR) is 122 cm³/mol. The number of guanidine groups is 1. The van der Waals surface area contributed by atoms with Crippen molar-refractivity contribution in [2.45, 2.75) is 32.4 Å². The molecule has 2 atom stereocenters. The van der Waals surface area contributed by atoms with Crippen molar-refractivity contribution >= 4 is 29.9 Å².